The fourth-order valence-corrected chi connectivity index (χ4v) is 4.40. The molecule has 5 heteroatoms. The van der Waals surface area contributed by atoms with Gasteiger partial charge in [-0.3, -0.25) is 4.79 Å². The molecule has 0 spiro atoms. The molecule has 0 heterocycles. The van der Waals surface area contributed by atoms with E-state index in [0.29, 0.717) is 41.4 Å². The van der Waals surface area contributed by atoms with Crippen molar-refractivity contribution in [1.82, 2.24) is 0 Å². The minimum atomic E-state index is -0.284. The number of carbonyl (C=O) groups excluding carboxylic acids is 1. The van der Waals surface area contributed by atoms with E-state index in [1.54, 1.807) is 26.4 Å². The summed E-state index contributed by atoms with van der Waals surface area (Å²) in [5, 5.41) is 12.7. The van der Waals surface area contributed by atoms with Crippen LogP contribution in [-0.2, 0) is 13.0 Å². The van der Waals surface area contributed by atoms with Crippen LogP contribution >= 0.6 is 0 Å². The summed E-state index contributed by atoms with van der Waals surface area (Å²) in [5.74, 6) is 1.26. The van der Waals surface area contributed by atoms with Crippen molar-refractivity contribution < 1.29 is 24.1 Å². The highest BCUT2D eigenvalue weighted by atomic mass is 16.5. The Morgan fingerprint density at radius 2 is 1.69 bits per heavy atom. The van der Waals surface area contributed by atoms with Gasteiger partial charge in [-0.15, -0.1) is 0 Å². The van der Waals surface area contributed by atoms with Crippen molar-refractivity contribution in [3.05, 3.63) is 94.5 Å². The lowest BCUT2D eigenvalue weighted by molar-refractivity contribution is 0.102. The first-order valence-corrected chi connectivity index (χ1v) is 10.3. The van der Waals surface area contributed by atoms with E-state index in [1.807, 2.05) is 30.3 Å². The van der Waals surface area contributed by atoms with Gasteiger partial charge in [0.05, 0.1) is 25.3 Å². The lowest BCUT2D eigenvalue weighted by atomic mass is 9.83. The Balaban J connectivity index is 1.58. The number of rotatable bonds is 5. The molecule has 1 aliphatic carbocycles. The maximum Gasteiger partial charge on any atom is 0.201 e. The molecule has 0 saturated carbocycles. The van der Waals surface area contributed by atoms with Crippen molar-refractivity contribution in [1.29, 1.82) is 0 Å². The normalized spacial score (nSPS) is 12.2. The van der Waals surface area contributed by atoms with E-state index >= 15 is 0 Å². The summed E-state index contributed by atoms with van der Waals surface area (Å²) >= 11 is 0. The molecule has 5 rings (SSSR count). The predicted octanol–water partition coefficient (Wildman–Crippen LogP) is 5.28. The highest BCUT2D eigenvalue weighted by Gasteiger charge is 2.32. The molecule has 0 aromatic heterocycles. The van der Waals surface area contributed by atoms with Crippen LogP contribution < -0.4 is 14.2 Å². The minimum Gasteiger partial charge on any atom is -0.507 e. The molecule has 4 aromatic carbocycles. The number of hydrogen-bond acceptors (Lipinski definition) is 5. The number of aromatic hydroxyl groups is 1. The van der Waals surface area contributed by atoms with Crippen molar-refractivity contribution in [2.75, 3.05) is 14.2 Å². The van der Waals surface area contributed by atoms with Crippen molar-refractivity contribution in [2.45, 2.75) is 13.0 Å². The number of carbonyl (C=O) groups is 1. The number of phenolic OH excluding ortho intramolecular Hbond substituents is 1. The van der Waals surface area contributed by atoms with Gasteiger partial charge >= 0.3 is 0 Å². The van der Waals surface area contributed by atoms with Gasteiger partial charge in [-0.1, -0.05) is 42.5 Å². The number of hydrogen-bond donors (Lipinski definition) is 1. The largest absolute Gasteiger partial charge is 0.507 e. The molecule has 0 aliphatic heterocycles. The smallest absolute Gasteiger partial charge is 0.201 e. The third kappa shape index (κ3) is 3.23. The van der Waals surface area contributed by atoms with E-state index in [4.69, 9.17) is 14.2 Å². The van der Waals surface area contributed by atoms with Crippen LogP contribution in [0, 0.1) is 0 Å². The summed E-state index contributed by atoms with van der Waals surface area (Å²) in [6, 6.07) is 20.9. The zero-order chi connectivity index (χ0) is 22.2. The molecular weight excluding hydrogens is 404 g/mol. The summed E-state index contributed by atoms with van der Waals surface area (Å²) in [4.78, 5) is 13.5. The second-order valence-electron chi connectivity index (χ2n) is 7.73. The molecule has 4 aromatic rings. The van der Waals surface area contributed by atoms with Crippen LogP contribution in [-0.4, -0.2) is 25.1 Å². The number of methoxy groups -OCH3 is 2. The van der Waals surface area contributed by atoms with E-state index in [1.165, 1.54) is 6.07 Å². The molecule has 1 aliphatic rings. The van der Waals surface area contributed by atoms with Gasteiger partial charge in [0.25, 0.3) is 0 Å². The molecule has 0 saturated heterocycles. The van der Waals surface area contributed by atoms with Crippen LogP contribution in [0.15, 0.2) is 66.7 Å². The first-order chi connectivity index (χ1) is 15.6. The van der Waals surface area contributed by atoms with Gasteiger partial charge in [0, 0.05) is 18.1 Å². The van der Waals surface area contributed by atoms with Gasteiger partial charge in [0.1, 0.15) is 29.6 Å². The summed E-state index contributed by atoms with van der Waals surface area (Å²) in [7, 11) is 3.14. The van der Waals surface area contributed by atoms with Crippen molar-refractivity contribution in [2.24, 2.45) is 0 Å². The zero-order valence-electron chi connectivity index (χ0n) is 17.8. The van der Waals surface area contributed by atoms with Gasteiger partial charge in [0.15, 0.2) is 0 Å². The zero-order valence-corrected chi connectivity index (χ0v) is 17.8. The Labute approximate surface area is 185 Å². The van der Waals surface area contributed by atoms with Gasteiger partial charge in [-0.2, -0.15) is 0 Å². The highest BCUT2D eigenvalue weighted by molar-refractivity contribution is 6.16. The van der Waals surface area contributed by atoms with Gasteiger partial charge in [-0.05, 0) is 40.1 Å². The molecule has 0 amide bonds. The summed E-state index contributed by atoms with van der Waals surface area (Å²) < 4.78 is 17.1. The van der Waals surface area contributed by atoms with Crippen LogP contribution in [0.4, 0.5) is 0 Å². The van der Waals surface area contributed by atoms with E-state index < -0.39 is 0 Å². The quantitative estimate of drug-likeness (QED) is 0.414. The minimum absolute atomic E-state index is 0.0627. The number of benzene rings is 4. The number of phenols is 1. The maximum atomic E-state index is 13.5. The molecule has 0 fully saturated rings. The Hall–Kier alpha value is -3.99. The fraction of sp³-hybridized carbons (Fsp3) is 0.148. The second kappa shape index (κ2) is 7.93. The Morgan fingerprint density at radius 3 is 2.50 bits per heavy atom. The third-order valence-electron chi connectivity index (χ3n) is 5.95. The summed E-state index contributed by atoms with van der Waals surface area (Å²) in [6.45, 7) is 0.297. The first-order valence-electron chi connectivity index (χ1n) is 10.3. The molecule has 0 bridgehead atoms. The SMILES string of the molecule is COc1cc2c(c(OCc3cccc4ccccc34)c1)C(=O)c1c(O)ccc(OC)c1C2. The van der Waals surface area contributed by atoms with Crippen molar-refractivity contribution >= 4 is 16.6 Å². The first kappa shape index (κ1) is 19.9. The molecule has 0 radical (unpaired) electrons. The molecule has 0 atom stereocenters. The van der Waals surface area contributed by atoms with Crippen molar-refractivity contribution in [3.63, 3.8) is 0 Å². The third-order valence-corrected chi connectivity index (χ3v) is 5.95. The van der Waals surface area contributed by atoms with E-state index in [2.05, 4.69) is 18.2 Å². The van der Waals surface area contributed by atoms with Gasteiger partial charge < -0.3 is 19.3 Å². The molecule has 32 heavy (non-hydrogen) atoms. The van der Waals surface area contributed by atoms with Crippen LogP contribution in [0.25, 0.3) is 10.8 Å². The van der Waals surface area contributed by atoms with E-state index in [-0.39, 0.29) is 17.1 Å². The lowest BCUT2D eigenvalue weighted by Crippen LogP contribution is -2.18. The predicted molar refractivity (Wildman–Crippen MR) is 122 cm³/mol. The average Bonchev–Trinajstić information content (AvgIpc) is 2.82. The molecule has 0 unspecified atom stereocenters. The van der Waals surface area contributed by atoms with Crippen LogP contribution in [0.2, 0.25) is 0 Å². The Kier molecular flexibility index (Phi) is 4.94. The average molecular weight is 426 g/mol. The van der Waals surface area contributed by atoms with Crippen LogP contribution in [0.1, 0.15) is 32.6 Å². The van der Waals surface area contributed by atoms with Gasteiger partial charge in [-0.25, -0.2) is 0 Å². The molecule has 5 nitrogen and oxygen atoms in total. The molecule has 160 valence electrons. The number of fused-ring (bicyclic) bond motifs is 3. The second-order valence-corrected chi connectivity index (χ2v) is 7.73. The van der Waals surface area contributed by atoms with Crippen LogP contribution in [0.5, 0.6) is 23.0 Å². The molecular formula is C27H22O5. The highest BCUT2D eigenvalue weighted by Crippen LogP contribution is 2.42. The Morgan fingerprint density at radius 1 is 0.875 bits per heavy atom. The standard InChI is InChI=1S/C27H22O5/c1-30-19-12-18-13-21-23(31-2)11-10-22(28)26(21)27(29)25(18)24(14-19)32-15-17-8-5-7-16-6-3-4-9-20(16)17/h3-12,14,28H,13,15H2,1-2H3. The van der Waals surface area contributed by atoms with E-state index in [0.717, 1.165) is 21.9 Å². The maximum absolute atomic E-state index is 13.5. The molecule has 1 N–H and O–H groups in total. The number of ketones is 1. The fourth-order valence-electron chi connectivity index (χ4n) is 4.40. The Bertz CT molecular complexity index is 1350. The van der Waals surface area contributed by atoms with Gasteiger partial charge in [0.2, 0.25) is 5.78 Å². The summed E-state index contributed by atoms with van der Waals surface area (Å²) in [6.07, 6.45) is 0.426. The van der Waals surface area contributed by atoms with Crippen molar-refractivity contribution in [3.8, 4) is 23.0 Å². The number of ether oxygens (including phenoxy) is 3. The lowest BCUT2D eigenvalue weighted by Gasteiger charge is -2.24. The monoisotopic (exact) mass is 426 g/mol. The topological polar surface area (TPSA) is 65.0 Å². The van der Waals surface area contributed by atoms with E-state index in [9.17, 15) is 9.90 Å². The summed E-state index contributed by atoms with van der Waals surface area (Å²) in [5.41, 5.74) is 3.17. The van der Waals surface area contributed by atoms with Crippen LogP contribution in [0.3, 0.4) is 0 Å².